The predicted molar refractivity (Wildman–Crippen MR) is 78.2 cm³/mol. The van der Waals surface area contributed by atoms with Crippen LogP contribution in [0.1, 0.15) is 42.4 Å². The van der Waals surface area contributed by atoms with Crippen molar-refractivity contribution in [2.24, 2.45) is 0 Å². The average Bonchev–Trinajstić information content (AvgIpc) is 2.37. The molecule has 2 nitrogen and oxygen atoms in total. The predicted octanol–water partition coefficient (Wildman–Crippen LogP) is 4.41. The normalized spacial score (nSPS) is 11.9. The third-order valence-electron chi connectivity index (χ3n) is 3.35. The maximum atomic E-state index is 8.59. The minimum Gasteiger partial charge on any atom is -0.496 e. The summed E-state index contributed by atoms with van der Waals surface area (Å²) in [6.45, 7) is 6.43. The molecule has 98 valence electrons. The lowest BCUT2D eigenvalue weighted by molar-refractivity contribution is 0.411. The fourth-order valence-corrected chi connectivity index (χ4v) is 2.79. The van der Waals surface area contributed by atoms with E-state index in [4.69, 9.17) is 10.00 Å². The summed E-state index contributed by atoms with van der Waals surface area (Å²) in [5.41, 5.74) is 3.87. The zero-order valence-corrected chi connectivity index (χ0v) is 12.4. The van der Waals surface area contributed by atoms with Crippen LogP contribution in [0.15, 0.2) is 12.1 Å². The zero-order chi connectivity index (χ0) is 13.5. The van der Waals surface area contributed by atoms with Crippen LogP contribution in [0.5, 0.6) is 5.75 Å². The Hall–Kier alpha value is -1.14. The van der Waals surface area contributed by atoms with Crippen molar-refractivity contribution in [3.8, 4) is 11.2 Å². The molecule has 0 aliphatic heterocycles. The topological polar surface area (TPSA) is 33.0 Å². The van der Waals surface area contributed by atoms with E-state index in [1.165, 1.54) is 28.5 Å². The van der Waals surface area contributed by atoms with Crippen molar-refractivity contribution in [1.29, 1.82) is 5.26 Å². The second kappa shape index (κ2) is 7.33. The highest BCUT2D eigenvalue weighted by molar-refractivity contribution is 8.03. The van der Waals surface area contributed by atoms with Crippen molar-refractivity contribution < 1.29 is 4.74 Å². The summed E-state index contributed by atoms with van der Waals surface area (Å²) in [7, 11) is 1.71. The summed E-state index contributed by atoms with van der Waals surface area (Å²) in [6, 6.07) is 4.35. The maximum Gasteiger partial charge on any atom is 0.133 e. The van der Waals surface area contributed by atoms with Crippen LogP contribution in [-0.4, -0.2) is 12.9 Å². The quantitative estimate of drug-likeness (QED) is 0.563. The number of hydrogen-bond acceptors (Lipinski definition) is 3. The van der Waals surface area contributed by atoms with Crippen LogP contribution in [0.2, 0.25) is 0 Å². The molecule has 0 heterocycles. The average molecular weight is 263 g/mol. The molecule has 1 rings (SSSR count). The molecule has 0 spiro atoms. The Kier molecular flexibility index (Phi) is 6.07. The van der Waals surface area contributed by atoms with Gasteiger partial charge in [0.1, 0.15) is 11.2 Å². The number of hydrogen-bond donors (Lipinski definition) is 0. The van der Waals surface area contributed by atoms with E-state index in [9.17, 15) is 0 Å². The van der Waals surface area contributed by atoms with Gasteiger partial charge in [-0.1, -0.05) is 13.0 Å². The molecule has 1 atom stereocenters. The van der Waals surface area contributed by atoms with Crippen molar-refractivity contribution in [3.63, 3.8) is 0 Å². The molecule has 0 N–H and O–H groups in total. The molecular weight excluding hydrogens is 242 g/mol. The van der Waals surface area contributed by atoms with Crippen molar-refractivity contribution in [2.75, 3.05) is 12.9 Å². The van der Waals surface area contributed by atoms with Gasteiger partial charge in [-0.3, -0.25) is 0 Å². The lowest BCUT2D eigenvalue weighted by atomic mass is 9.89. The first-order valence-electron chi connectivity index (χ1n) is 6.30. The van der Waals surface area contributed by atoms with Crippen LogP contribution in [0.25, 0.3) is 0 Å². The van der Waals surface area contributed by atoms with E-state index in [0.717, 1.165) is 24.3 Å². The number of rotatable bonds is 6. The molecule has 0 radical (unpaired) electrons. The van der Waals surface area contributed by atoms with Crippen molar-refractivity contribution >= 4 is 11.8 Å². The Morgan fingerprint density at radius 3 is 2.61 bits per heavy atom. The first-order chi connectivity index (χ1) is 8.63. The molecule has 1 unspecified atom stereocenters. The van der Waals surface area contributed by atoms with Gasteiger partial charge in [0.25, 0.3) is 0 Å². The SMILES string of the molecule is CCC(CCSC#N)c1cc(C)c(OC)cc1C. The van der Waals surface area contributed by atoms with Gasteiger partial charge in [-0.05, 0) is 67.1 Å². The lowest BCUT2D eigenvalue weighted by Crippen LogP contribution is -2.03. The van der Waals surface area contributed by atoms with Gasteiger partial charge in [-0.25, -0.2) is 0 Å². The molecular formula is C15H21NOS. The van der Waals surface area contributed by atoms with Crippen molar-refractivity contribution in [1.82, 2.24) is 0 Å². The molecule has 0 saturated carbocycles. The summed E-state index contributed by atoms with van der Waals surface area (Å²) in [5.74, 6) is 2.40. The summed E-state index contributed by atoms with van der Waals surface area (Å²) >= 11 is 1.35. The monoisotopic (exact) mass is 263 g/mol. The van der Waals surface area contributed by atoms with E-state index in [2.05, 4.69) is 38.3 Å². The number of methoxy groups -OCH3 is 1. The van der Waals surface area contributed by atoms with E-state index in [1.54, 1.807) is 7.11 Å². The number of thioether (sulfide) groups is 1. The van der Waals surface area contributed by atoms with Crippen LogP contribution in [0.3, 0.4) is 0 Å². The smallest absolute Gasteiger partial charge is 0.133 e. The summed E-state index contributed by atoms with van der Waals surface area (Å²) < 4.78 is 5.35. The second-order valence-corrected chi connectivity index (χ2v) is 5.39. The van der Waals surface area contributed by atoms with E-state index in [1.807, 2.05) is 0 Å². The number of ether oxygens (including phenoxy) is 1. The lowest BCUT2D eigenvalue weighted by Gasteiger charge is -2.19. The molecule has 0 aliphatic rings. The third kappa shape index (κ3) is 3.68. The van der Waals surface area contributed by atoms with Crippen LogP contribution in [0.4, 0.5) is 0 Å². The van der Waals surface area contributed by atoms with Gasteiger partial charge in [0.15, 0.2) is 0 Å². The first-order valence-corrected chi connectivity index (χ1v) is 7.28. The highest BCUT2D eigenvalue weighted by Gasteiger charge is 2.14. The van der Waals surface area contributed by atoms with Crippen LogP contribution >= 0.6 is 11.8 Å². The highest BCUT2D eigenvalue weighted by atomic mass is 32.2. The van der Waals surface area contributed by atoms with Gasteiger partial charge in [0.05, 0.1) is 7.11 Å². The molecule has 0 saturated heterocycles. The molecule has 1 aromatic carbocycles. The first kappa shape index (κ1) is 14.9. The number of aryl methyl sites for hydroxylation is 2. The van der Waals surface area contributed by atoms with Crippen LogP contribution in [0, 0.1) is 24.5 Å². The number of nitrogens with zero attached hydrogens (tertiary/aromatic N) is 1. The van der Waals surface area contributed by atoms with Crippen LogP contribution in [-0.2, 0) is 0 Å². The van der Waals surface area contributed by atoms with E-state index in [-0.39, 0.29) is 0 Å². The zero-order valence-electron chi connectivity index (χ0n) is 11.6. The number of nitriles is 1. The van der Waals surface area contributed by atoms with Gasteiger partial charge < -0.3 is 4.74 Å². The summed E-state index contributed by atoms with van der Waals surface area (Å²) in [5, 5.41) is 10.7. The standard InChI is InChI=1S/C15H21NOS/c1-5-13(6-7-18-10-16)14-8-12(3)15(17-4)9-11(14)2/h8-9,13H,5-7H2,1-4H3. The molecule has 0 aliphatic carbocycles. The van der Waals surface area contributed by atoms with E-state index >= 15 is 0 Å². The van der Waals surface area contributed by atoms with Crippen molar-refractivity contribution in [2.45, 2.75) is 39.5 Å². The second-order valence-electron chi connectivity index (χ2n) is 4.51. The Bertz CT molecular complexity index is 437. The fourth-order valence-electron chi connectivity index (χ4n) is 2.30. The number of thiocyanates is 1. The van der Waals surface area contributed by atoms with Crippen molar-refractivity contribution in [3.05, 3.63) is 28.8 Å². The van der Waals surface area contributed by atoms with Gasteiger partial charge in [0, 0.05) is 5.75 Å². The molecule has 18 heavy (non-hydrogen) atoms. The molecule has 3 heteroatoms. The van der Waals surface area contributed by atoms with Gasteiger partial charge in [0.2, 0.25) is 0 Å². The maximum absolute atomic E-state index is 8.59. The van der Waals surface area contributed by atoms with E-state index in [0.29, 0.717) is 5.92 Å². The molecule has 0 fully saturated rings. The molecule has 0 amide bonds. The largest absolute Gasteiger partial charge is 0.496 e. The molecule has 0 aromatic heterocycles. The van der Waals surface area contributed by atoms with Gasteiger partial charge in [-0.15, -0.1) is 0 Å². The Labute approximate surface area is 114 Å². The summed E-state index contributed by atoms with van der Waals surface area (Å²) in [4.78, 5) is 0. The Morgan fingerprint density at radius 2 is 2.06 bits per heavy atom. The van der Waals surface area contributed by atoms with Gasteiger partial charge >= 0.3 is 0 Å². The summed E-state index contributed by atoms with van der Waals surface area (Å²) in [6.07, 6.45) is 2.17. The number of benzene rings is 1. The third-order valence-corrected chi connectivity index (χ3v) is 3.92. The highest BCUT2D eigenvalue weighted by Crippen LogP contribution is 2.32. The molecule has 0 bridgehead atoms. The molecule has 1 aromatic rings. The fraction of sp³-hybridized carbons (Fsp3) is 0.533. The van der Waals surface area contributed by atoms with Crippen LogP contribution < -0.4 is 4.74 Å². The Balaban J connectivity index is 2.92. The minimum absolute atomic E-state index is 0.537. The van der Waals surface area contributed by atoms with E-state index < -0.39 is 0 Å². The Morgan fingerprint density at radius 1 is 1.33 bits per heavy atom. The minimum atomic E-state index is 0.537. The van der Waals surface area contributed by atoms with Gasteiger partial charge in [-0.2, -0.15) is 5.26 Å².